The maximum atomic E-state index is 14.2. The molecule has 3 fully saturated rings. The van der Waals surface area contributed by atoms with E-state index in [-0.39, 0.29) is 35.5 Å². The predicted molar refractivity (Wildman–Crippen MR) is 212 cm³/mol. The lowest BCUT2D eigenvalue weighted by atomic mass is 9.68. The van der Waals surface area contributed by atoms with Crippen LogP contribution in [0.3, 0.4) is 0 Å². The third kappa shape index (κ3) is 8.61. The molecule has 55 heavy (non-hydrogen) atoms. The molecular formula is C42H56ClN3O8S. The van der Waals surface area contributed by atoms with Crippen LogP contribution in [0.2, 0.25) is 5.02 Å². The fraction of sp³-hybridized carbons (Fsp3) is 0.643. The number of ether oxygens (including phenoxy) is 5. The predicted octanol–water partition coefficient (Wildman–Crippen LogP) is 5.53. The van der Waals surface area contributed by atoms with E-state index in [4.69, 9.17) is 35.3 Å². The van der Waals surface area contributed by atoms with E-state index in [0.29, 0.717) is 44.5 Å². The molecular weight excluding hydrogens is 742 g/mol. The van der Waals surface area contributed by atoms with Crippen molar-refractivity contribution in [3.8, 4) is 5.75 Å². The highest BCUT2D eigenvalue weighted by atomic mass is 35.5. The minimum atomic E-state index is -4.19. The van der Waals surface area contributed by atoms with E-state index >= 15 is 0 Å². The molecule has 2 bridgehead atoms. The van der Waals surface area contributed by atoms with E-state index in [1.807, 2.05) is 24.3 Å². The van der Waals surface area contributed by atoms with Gasteiger partial charge in [0.1, 0.15) is 11.0 Å². The molecule has 1 saturated carbocycles. The summed E-state index contributed by atoms with van der Waals surface area (Å²) in [5, 5.41) is -0.260. The summed E-state index contributed by atoms with van der Waals surface area (Å²) < 4.78 is 61.8. The van der Waals surface area contributed by atoms with Gasteiger partial charge in [-0.1, -0.05) is 29.8 Å². The van der Waals surface area contributed by atoms with Gasteiger partial charge in [-0.15, -0.1) is 0 Å². The van der Waals surface area contributed by atoms with E-state index in [0.717, 1.165) is 95.0 Å². The molecule has 1 N–H and O–H groups in total. The number of rotatable bonds is 7. The summed E-state index contributed by atoms with van der Waals surface area (Å²) in [6.45, 7) is 7.28. The lowest BCUT2D eigenvalue weighted by molar-refractivity contribution is -0.0316. The largest absolute Gasteiger partial charge is 0.490 e. The molecule has 2 aromatic rings. The van der Waals surface area contributed by atoms with E-state index < -0.39 is 27.3 Å². The summed E-state index contributed by atoms with van der Waals surface area (Å²) in [6, 6.07) is 11.6. The number of nitrogens with one attached hydrogen (secondary N) is 1. The Kier molecular flexibility index (Phi) is 12.1. The molecule has 2 saturated heterocycles. The topological polar surface area (TPSA) is 116 Å². The SMILES string of the molecule is CO[C@@H]1C/C=C/[C@H](OCCN2CCOCC2)[C@@H]2CC[C@H]2CN2C[C@@]3(CCCc4cc(Cl)ccc43)COc3ccc(cc32)C(=O)NS(=O)(=O)[C@@H]1C[C@H]1CCCO1. The van der Waals surface area contributed by atoms with Crippen molar-refractivity contribution in [1.82, 2.24) is 9.62 Å². The first-order chi connectivity index (χ1) is 26.7. The highest BCUT2D eigenvalue weighted by Gasteiger charge is 2.45. The Hall–Kier alpha value is -2.71. The van der Waals surface area contributed by atoms with Crippen LogP contribution < -0.4 is 14.4 Å². The molecule has 4 aliphatic heterocycles. The van der Waals surface area contributed by atoms with Gasteiger partial charge in [-0.2, -0.15) is 0 Å². The Morgan fingerprint density at radius 1 is 1.05 bits per heavy atom. The maximum Gasteiger partial charge on any atom is 0.264 e. The zero-order chi connectivity index (χ0) is 38.0. The van der Waals surface area contributed by atoms with Crippen LogP contribution in [0.15, 0.2) is 48.6 Å². The first-order valence-corrected chi connectivity index (χ1v) is 22.2. The average molecular weight is 798 g/mol. The summed E-state index contributed by atoms with van der Waals surface area (Å²) in [5.74, 6) is 0.645. The second kappa shape index (κ2) is 17.0. The molecule has 0 unspecified atom stereocenters. The average Bonchev–Trinajstić information content (AvgIpc) is 3.64. The Bertz CT molecular complexity index is 1820. The molecule has 4 heterocycles. The third-order valence-electron chi connectivity index (χ3n) is 13.0. The van der Waals surface area contributed by atoms with Gasteiger partial charge in [-0.05, 0) is 111 Å². The molecule has 0 radical (unpaired) electrons. The zero-order valence-electron chi connectivity index (χ0n) is 32.0. The van der Waals surface area contributed by atoms with Gasteiger partial charge in [0.15, 0.2) is 0 Å². The first kappa shape index (κ1) is 39.1. The van der Waals surface area contributed by atoms with Gasteiger partial charge in [-0.25, -0.2) is 13.1 Å². The van der Waals surface area contributed by atoms with Crippen LogP contribution in [-0.2, 0) is 40.8 Å². The molecule has 2 aliphatic carbocycles. The Labute approximate surface area is 331 Å². The fourth-order valence-electron chi connectivity index (χ4n) is 9.83. The van der Waals surface area contributed by atoms with Crippen molar-refractivity contribution in [3.05, 3.63) is 70.3 Å². The van der Waals surface area contributed by atoms with E-state index in [1.54, 1.807) is 13.2 Å². The Balaban J connectivity index is 1.15. The molecule has 11 nitrogen and oxygen atoms in total. The van der Waals surface area contributed by atoms with E-state index in [1.165, 1.54) is 11.1 Å². The number of hydrogen-bond acceptors (Lipinski definition) is 10. The lowest BCUT2D eigenvalue weighted by Gasteiger charge is -2.46. The number of methoxy groups -OCH3 is 1. The summed E-state index contributed by atoms with van der Waals surface area (Å²) >= 11 is 6.50. The molecule has 0 aromatic heterocycles. The van der Waals surface area contributed by atoms with Gasteiger partial charge < -0.3 is 28.6 Å². The molecule has 300 valence electrons. The molecule has 1 spiro atoms. The van der Waals surface area contributed by atoms with Crippen molar-refractivity contribution < 1.29 is 36.9 Å². The zero-order valence-corrected chi connectivity index (χ0v) is 33.5. The van der Waals surface area contributed by atoms with Gasteiger partial charge in [-0.3, -0.25) is 9.69 Å². The second-order valence-electron chi connectivity index (χ2n) is 16.4. The van der Waals surface area contributed by atoms with Gasteiger partial charge in [0.2, 0.25) is 10.0 Å². The normalized spacial score (nSPS) is 33.1. The van der Waals surface area contributed by atoms with Crippen molar-refractivity contribution in [2.45, 2.75) is 86.8 Å². The van der Waals surface area contributed by atoms with Crippen molar-refractivity contribution in [2.75, 3.05) is 77.8 Å². The highest BCUT2D eigenvalue weighted by Crippen LogP contribution is 2.47. The monoisotopic (exact) mass is 797 g/mol. The number of benzene rings is 2. The number of fused-ring (bicyclic) bond motifs is 4. The lowest BCUT2D eigenvalue weighted by Crippen LogP contribution is -2.50. The molecule has 7 atom stereocenters. The molecule has 6 aliphatic rings. The summed E-state index contributed by atoms with van der Waals surface area (Å²) in [6.07, 6.45) is 10.4. The molecule has 8 rings (SSSR count). The number of morpholine rings is 1. The van der Waals surface area contributed by atoms with Gasteiger partial charge in [0, 0.05) is 62.4 Å². The van der Waals surface area contributed by atoms with Crippen molar-refractivity contribution >= 4 is 33.2 Å². The molecule has 1 amide bonds. The summed E-state index contributed by atoms with van der Waals surface area (Å²) in [5.41, 5.74) is 3.34. The number of halogens is 1. The fourth-order valence-corrected chi connectivity index (χ4v) is 11.6. The van der Waals surface area contributed by atoms with Crippen LogP contribution in [0.4, 0.5) is 5.69 Å². The number of hydrogen-bond donors (Lipinski definition) is 1. The third-order valence-corrected chi connectivity index (χ3v) is 15.0. The molecule has 13 heteroatoms. The van der Waals surface area contributed by atoms with Crippen LogP contribution in [0.5, 0.6) is 5.75 Å². The Morgan fingerprint density at radius 3 is 2.71 bits per heavy atom. The number of anilines is 1. The first-order valence-electron chi connectivity index (χ1n) is 20.3. The van der Waals surface area contributed by atoms with Crippen LogP contribution in [-0.4, -0.2) is 116 Å². The molecule has 2 aromatic carbocycles. The minimum absolute atomic E-state index is 0.140. The van der Waals surface area contributed by atoms with Crippen molar-refractivity contribution in [3.63, 3.8) is 0 Å². The van der Waals surface area contributed by atoms with E-state index in [9.17, 15) is 13.2 Å². The van der Waals surface area contributed by atoms with Crippen LogP contribution in [0.1, 0.15) is 72.9 Å². The standard InChI is InChI=1S/C42H56ClN3O8S/c1-50-39-8-2-7-37(53-22-18-45-16-20-51-21-17-45)34-12-9-31(34)26-46-27-42(15-3-5-29-23-32(43)11-13-35(29)42)28-54-38-14-10-30(24-36(38)46)41(47)44-55(48,49)40(39)25-33-6-4-19-52-33/h2,7,10-11,13-14,23-24,31,33-34,37,39-40H,3-6,8-9,12,15-22,25-28H2,1H3,(H,44,47)/b7-2+/t31-,33+,34+,37-,39+,40+,42-/m0/s1. The second-order valence-corrected chi connectivity index (χ2v) is 18.7. The summed E-state index contributed by atoms with van der Waals surface area (Å²) in [7, 11) is -2.64. The van der Waals surface area contributed by atoms with E-state index in [2.05, 4.69) is 32.7 Å². The minimum Gasteiger partial charge on any atom is -0.490 e. The van der Waals surface area contributed by atoms with Gasteiger partial charge in [0.05, 0.1) is 50.4 Å². The number of carbonyl (C=O) groups is 1. The van der Waals surface area contributed by atoms with Crippen LogP contribution in [0.25, 0.3) is 0 Å². The van der Waals surface area contributed by atoms with Crippen molar-refractivity contribution in [1.29, 1.82) is 0 Å². The number of sulfonamides is 1. The van der Waals surface area contributed by atoms with Crippen LogP contribution >= 0.6 is 11.6 Å². The smallest absolute Gasteiger partial charge is 0.264 e. The maximum absolute atomic E-state index is 14.2. The van der Waals surface area contributed by atoms with Gasteiger partial charge >= 0.3 is 0 Å². The van der Waals surface area contributed by atoms with Gasteiger partial charge in [0.25, 0.3) is 5.91 Å². The summed E-state index contributed by atoms with van der Waals surface area (Å²) in [4.78, 5) is 18.8. The number of carbonyl (C=O) groups excluding carboxylic acids is 1. The number of amides is 1. The quantitative estimate of drug-likeness (QED) is 0.359. The van der Waals surface area contributed by atoms with Crippen molar-refractivity contribution in [2.24, 2.45) is 11.8 Å². The number of aryl methyl sites for hydroxylation is 1. The number of nitrogens with zero attached hydrogens (tertiary/aromatic N) is 2. The van der Waals surface area contributed by atoms with Crippen LogP contribution in [0, 0.1) is 11.8 Å². The highest BCUT2D eigenvalue weighted by molar-refractivity contribution is 7.90. The Morgan fingerprint density at radius 2 is 1.93 bits per heavy atom.